The molecule has 0 fully saturated rings. The van der Waals surface area contributed by atoms with Crippen LogP contribution < -0.4 is 5.32 Å². The summed E-state index contributed by atoms with van der Waals surface area (Å²) >= 11 is 0. The SMILES string of the molecule is Cc1ccc(NC(=O)c2ccc3nc(-c4cccc(C)n4)oc3c2)cc1. The topological polar surface area (TPSA) is 68.0 Å². The highest BCUT2D eigenvalue weighted by atomic mass is 16.3. The number of aryl methyl sites for hydroxylation is 2. The fourth-order valence-corrected chi connectivity index (χ4v) is 2.68. The molecule has 1 amide bonds. The zero-order valence-electron chi connectivity index (χ0n) is 14.5. The number of pyridine rings is 1. The molecule has 4 rings (SSSR count). The average Bonchev–Trinajstić information content (AvgIpc) is 3.07. The molecule has 0 aliphatic heterocycles. The van der Waals surface area contributed by atoms with E-state index >= 15 is 0 Å². The van der Waals surface area contributed by atoms with Crippen molar-refractivity contribution >= 4 is 22.7 Å². The molecule has 0 saturated heterocycles. The van der Waals surface area contributed by atoms with Crippen LogP contribution in [0.15, 0.2) is 65.1 Å². The largest absolute Gasteiger partial charge is 0.435 e. The van der Waals surface area contributed by atoms with Gasteiger partial charge in [0.1, 0.15) is 11.2 Å². The number of anilines is 1. The van der Waals surface area contributed by atoms with Gasteiger partial charge < -0.3 is 9.73 Å². The number of aromatic nitrogens is 2. The summed E-state index contributed by atoms with van der Waals surface area (Å²) in [6.45, 7) is 3.92. The van der Waals surface area contributed by atoms with Crippen molar-refractivity contribution < 1.29 is 9.21 Å². The van der Waals surface area contributed by atoms with Crippen LogP contribution in [0.4, 0.5) is 5.69 Å². The Morgan fingerprint density at radius 3 is 2.54 bits per heavy atom. The number of hydrogen-bond donors (Lipinski definition) is 1. The maximum absolute atomic E-state index is 12.5. The van der Waals surface area contributed by atoms with Gasteiger partial charge in [0.15, 0.2) is 5.58 Å². The highest BCUT2D eigenvalue weighted by Crippen LogP contribution is 2.24. The van der Waals surface area contributed by atoms with Crippen molar-refractivity contribution in [2.24, 2.45) is 0 Å². The Labute approximate surface area is 150 Å². The highest BCUT2D eigenvalue weighted by Gasteiger charge is 2.13. The minimum atomic E-state index is -0.192. The van der Waals surface area contributed by atoms with Crippen LogP contribution in [-0.4, -0.2) is 15.9 Å². The zero-order valence-corrected chi connectivity index (χ0v) is 14.5. The summed E-state index contributed by atoms with van der Waals surface area (Å²) in [5.74, 6) is 0.252. The molecule has 128 valence electrons. The second kappa shape index (κ2) is 6.44. The molecule has 5 nitrogen and oxygen atoms in total. The first-order chi connectivity index (χ1) is 12.6. The van der Waals surface area contributed by atoms with Crippen LogP contribution in [-0.2, 0) is 0 Å². The van der Waals surface area contributed by atoms with Gasteiger partial charge in [-0.1, -0.05) is 23.8 Å². The van der Waals surface area contributed by atoms with E-state index in [1.807, 2.05) is 56.3 Å². The monoisotopic (exact) mass is 343 g/mol. The van der Waals surface area contributed by atoms with Crippen molar-refractivity contribution in [3.63, 3.8) is 0 Å². The summed E-state index contributed by atoms with van der Waals surface area (Å²) < 4.78 is 5.81. The van der Waals surface area contributed by atoms with E-state index in [0.717, 1.165) is 16.9 Å². The van der Waals surface area contributed by atoms with Crippen LogP contribution in [0.2, 0.25) is 0 Å². The fourth-order valence-electron chi connectivity index (χ4n) is 2.68. The van der Waals surface area contributed by atoms with Crippen LogP contribution in [0.3, 0.4) is 0 Å². The van der Waals surface area contributed by atoms with Gasteiger partial charge in [0.05, 0.1) is 0 Å². The molecule has 0 radical (unpaired) electrons. The van der Waals surface area contributed by atoms with Gasteiger partial charge in [-0.05, 0) is 56.3 Å². The lowest BCUT2D eigenvalue weighted by atomic mass is 10.2. The Morgan fingerprint density at radius 2 is 1.77 bits per heavy atom. The predicted molar refractivity (Wildman–Crippen MR) is 101 cm³/mol. The molecule has 0 atom stereocenters. The molecular weight excluding hydrogens is 326 g/mol. The van der Waals surface area contributed by atoms with E-state index < -0.39 is 0 Å². The van der Waals surface area contributed by atoms with E-state index in [4.69, 9.17) is 4.42 Å². The number of amides is 1. The maximum Gasteiger partial charge on any atom is 0.255 e. The first-order valence-electron chi connectivity index (χ1n) is 8.31. The van der Waals surface area contributed by atoms with Crippen molar-refractivity contribution in [3.05, 3.63) is 77.5 Å². The Balaban J connectivity index is 1.63. The average molecular weight is 343 g/mol. The Bertz CT molecular complexity index is 1100. The van der Waals surface area contributed by atoms with Gasteiger partial charge in [0.25, 0.3) is 5.91 Å². The molecule has 2 aromatic carbocycles. The standard InChI is InChI=1S/C21H17N3O2/c1-13-6-9-16(10-7-13)23-20(25)15-8-11-17-19(12-15)26-21(24-17)18-5-3-4-14(2)22-18/h3-12H,1-2H3,(H,23,25). The molecule has 2 heterocycles. The lowest BCUT2D eigenvalue weighted by molar-refractivity contribution is 0.102. The molecule has 0 bridgehead atoms. The van der Waals surface area contributed by atoms with E-state index in [-0.39, 0.29) is 5.91 Å². The number of carbonyl (C=O) groups is 1. The van der Waals surface area contributed by atoms with Crippen LogP contribution in [0.5, 0.6) is 0 Å². The number of carbonyl (C=O) groups excluding carboxylic acids is 1. The van der Waals surface area contributed by atoms with Crippen molar-refractivity contribution in [2.75, 3.05) is 5.32 Å². The first-order valence-corrected chi connectivity index (χ1v) is 8.31. The molecule has 0 saturated carbocycles. The van der Waals surface area contributed by atoms with Gasteiger partial charge >= 0.3 is 0 Å². The van der Waals surface area contributed by atoms with Crippen LogP contribution >= 0.6 is 0 Å². The summed E-state index contributed by atoms with van der Waals surface area (Å²) in [4.78, 5) is 21.4. The zero-order chi connectivity index (χ0) is 18.1. The molecule has 1 N–H and O–H groups in total. The van der Waals surface area contributed by atoms with E-state index in [1.54, 1.807) is 18.2 Å². The number of fused-ring (bicyclic) bond motifs is 1. The maximum atomic E-state index is 12.5. The number of rotatable bonds is 3. The summed E-state index contributed by atoms with van der Waals surface area (Å²) in [5.41, 5.74) is 5.22. The van der Waals surface area contributed by atoms with Crippen LogP contribution in [0, 0.1) is 13.8 Å². The highest BCUT2D eigenvalue weighted by molar-refractivity contribution is 6.05. The summed E-state index contributed by atoms with van der Waals surface area (Å²) in [6, 6.07) is 18.6. The van der Waals surface area contributed by atoms with Gasteiger partial charge in [-0.2, -0.15) is 0 Å². The number of nitrogens with zero attached hydrogens (tertiary/aromatic N) is 2. The number of oxazole rings is 1. The molecule has 26 heavy (non-hydrogen) atoms. The van der Waals surface area contributed by atoms with Crippen molar-refractivity contribution in [1.29, 1.82) is 0 Å². The number of benzene rings is 2. The fraction of sp³-hybridized carbons (Fsp3) is 0.0952. The van der Waals surface area contributed by atoms with Crippen LogP contribution in [0.25, 0.3) is 22.7 Å². The van der Waals surface area contributed by atoms with Gasteiger partial charge in [0.2, 0.25) is 5.89 Å². The van der Waals surface area contributed by atoms with Crippen molar-refractivity contribution in [1.82, 2.24) is 9.97 Å². The van der Waals surface area contributed by atoms with Gasteiger partial charge in [0, 0.05) is 16.9 Å². The van der Waals surface area contributed by atoms with Crippen molar-refractivity contribution in [2.45, 2.75) is 13.8 Å². The first kappa shape index (κ1) is 16.0. The molecular formula is C21H17N3O2. The smallest absolute Gasteiger partial charge is 0.255 e. The Hall–Kier alpha value is -3.47. The lowest BCUT2D eigenvalue weighted by Crippen LogP contribution is -2.11. The molecule has 2 aromatic heterocycles. The molecule has 4 aromatic rings. The Morgan fingerprint density at radius 1 is 0.962 bits per heavy atom. The molecule has 0 aliphatic rings. The van der Waals surface area contributed by atoms with Gasteiger partial charge in [-0.25, -0.2) is 9.97 Å². The quantitative estimate of drug-likeness (QED) is 0.582. The van der Waals surface area contributed by atoms with Gasteiger partial charge in [-0.15, -0.1) is 0 Å². The number of nitrogens with one attached hydrogen (secondary N) is 1. The summed E-state index contributed by atoms with van der Waals surface area (Å²) in [7, 11) is 0. The second-order valence-electron chi connectivity index (χ2n) is 6.19. The van der Waals surface area contributed by atoms with E-state index in [1.165, 1.54) is 0 Å². The normalized spacial score (nSPS) is 10.8. The van der Waals surface area contributed by atoms with Crippen molar-refractivity contribution in [3.8, 4) is 11.6 Å². The van der Waals surface area contributed by atoms with E-state index in [9.17, 15) is 4.79 Å². The number of hydrogen-bond acceptors (Lipinski definition) is 4. The summed E-state index contributed by atoms with van der Waals surface area (Å²) in [5, 5.41) is 2.88. The lowest BCUT2D eigenvalue weighted by Gasteiger charge is -2.05. The Kier molecular flexibility index (Phi) is 3.97. The predicted octanol–water partition coefficient (Wildman–Crippen LogP) is 4.76. The molecule has 0 spiro atoms. The third-order valence-electron chi connectivity index (χ3n) is 4.07. The molecule has 0 unspecified atom stereocenters. The molecule has 5 heteroatoms. The summed E-state index contributed by atoms with van der Waals surface area (Å²) in [6.07, 6.45) is 0. The third-order valence-corrected chi connectivity index (χ3v) is 4.07. The minimum absolute atomic E-state index is 0.192. The minimum Gasteiger partial charge on any atom is -0.435 e. The molecule has 0 aliphatic carbocycles. The van der Waals surface area contributed by atoms with Crippen LogP contribution in [0.1, 0.15) is 21.6 Å². The third kappa shape index (κ3) is 3.19. The van der Waals surface area contributed by atoms with Gasteiger partial charge in [-0.3, -0.25) is 4.79 Å². The van der Waals surface area contributed by atoms with E-state index in [2.05, 4.69) is 15.3 Å². The van der Waals surface area contributed by atoms with E-state index in [0.29, 0.717) is 28.2 Å². The second-order valence-corrected chi connectivity index (χ2v) is 6.19.